The molecule has 1 atom stereocenters. The predicted octanol–water partition coefficient (Wildman–Crippen LogP) is 2.78. The van der Waals surface area contributed by atoms with Crippen LogP contribution in [0.2, 0.25) is 0 Å². The van der Waals surface area contributed by atoms with E-state index in [1.54, 1.807) is 27.8 Å². The quantitative estimate of drug-likeness (QED) is 0.753. The van der Waals surface area contributed by atoms with E-state index in [1.165, 1.54) is 0 Å². The molecule has 2 rings (SSSR count). The van der Waals surface area contributed by atoms with Crippen molar-refractivity contribution in [1.29, 1.82) is 0 Å². The minimum atomic E-state index is -1.02. The van der Waals surface area contributed by atoms with E-state index < -0.39 is 12.2 Å². The van der Waals surface area contributed by atoms with Gasteiger partial charge in [0.15, 0.2) is 6.23 Å². The maximum absolute atomic E-state index is 11.9. The van der Waals surface area contributed by atoms with Crippen molar-refractivity contribution < 1.29 is 19.5 Å². The van der Waals surface area contributed by atoms with Gasteiger partial charge in [0.25, 0.3) is 5.91 Å². The van der Waals surface area contributed by atoms with Crippen molar-refractivity contribution in [3.05, 3.63) is 24.4 Å². The first-order chi connectivity index (χ1) is 10.9. The van der Waals surface area contributed by atoms with Gasteiger partial charge < -0.3 is 9.94 Å². The average molecular weight is 356 g/mol. The van der Waals surface area contributed by atoms with Crippen LogP contribution in [0.25, 0.3) is 0 Å². The van der Waals surface area contributed by atoms with Crippen LogP contribution in [-0.2, 0) is 14.4 Å². The summed E-state index contributed by atoms with van der Waals surface area (Å²) in [6, 6.07) is 5.73. The minimum absolute atomic E-state index is 0.158. The lowest BCUT2D eigenvalue weighted by Gasteiger charge is -2.23. The minimum Gasteiger partial charge on any atom is -0.370 e. The van der Waals surface area contributed by atoms with Crippen molar-refractivity contribution in [2.75, 3.05) is 0 Å². The van der Waals surface area contributed by atoms with E-state index >= 15 is 0 Å². The summed E-state index contributed by atoms with van der Waals surface area (Å²) in [5, 5.41) is 11.3. The number of hydrogen-bond donors (Lipinski definition) is 1. The number of pyridine rings is 1. The van der Waals surface area contributed by atoms with Crippen LogP contribution in [0, 0.1) is 0 Å². The maximum atomic E-state index is 11.9. The smallest absolute Gasteiger partial charge is 0.332 e. The van der Waals surface area contributed by atoms with E-state index in [0.29, 0.717) is 12.8 Å². The van der Waals surface area contributed by atoms with E-state index in [1.807, 2.05) is 32.0 Å². The van der Waals surface area contributed by atoms with Crippen molar-refractivity contribution in [1.82, 2.24) is 10.0 Å². The second kappa shape index (κ2) is 8.03. The van der Waals surface area contributed by atoms with Crippen molar-refractivity contribution in [3.63, 3.8) is 0 Å². The lowest BCUT2D eigenvalue weighted by atomic mass is 10.1. The van der Waals surface area contributed by atoms with Gasteiger partial charge in [-0.05, 0) is 43.2 Å². The SMILES string of the molecule is CC(C)(CCC(=O)ON1C(=O)CCC1O)SSc1ccccn1. The highest BCUT2D eigenvalue weighted by Gasteiger charge is 2.33. The molecule has 1 saturated heterocycles. The zero-order valence-corrected chi connectivity index (χ0v) is 14.7. The molecular weight excluding hydrogens is 336 g/mol. The van der Waals surface area contributed by atoms with E-state index in [0.717, 1.165) is 10.1 Å². The van der Waals surface area contributed by atoms with Gasteiger partial charge in [-0.3, -0.25) is 4.79 Å². The van der Waals surface area contributed by atoms with Gasteiger partial charge in [-0.2, -0.15) is 0 Å². The van der Waals surface area contributed by atoms with Crippen LogP contribution in [0.4, 0.5) is 0 Å². The van der Waals surface area contributed by atoms with Gasteiger partial charge in [-0.25, -0.2) is 9.78 Å². The molecule has 1 unspecified atom stereocenters. The molecule has 8 heteroatoms. The number of aliphatic hydroxyl groups is 1. The number of hydroxylamine groups is 2. The van der Waals surface area contributed by atoms with Gasteiger partial charge in [0.2, 0.25) is 0 Å². The van der Waals surface area contributed by atoms with Crippen LogP contribution in [0.5, 0.6) is 0 Å². The summed E-state index contributed by atoms with van der Waals surface area (Å²) in [5.74, 6) is -0.860. The van der Waals surface area contributed by atoms with Crippen molar-refractivity contribution in [3.8, 4) is 0 Å². The molecule has 126 valence electrons. The largest absolute Gasteiger partial charge is 0.370 e. The predicted molar refractivity (Wildman–Crippen MR) is 89.2 cm³/mol. The van der Waals surface area contributed by atoms with Crippen LogP contribution in [0.3, 0.4) is 0 Å². The van der Waals surface area contributed by atoms with Gasteiger partial charge in [-0.15, -0.1) is 5.06 Å². The van der Waals surface area contributed by atoms with Crippen molar-refractivity contribution in [2.45, 2.75) is 55.5 Å². The lowest BCUT2D eigenvalue weighted by molar-refractivity contribution is -0.220. The first-order valence-electron chi connectivity index (χ1n) is 7.35. The number of carbonyl (C=O) groups excluding carboxylic acids is 2. The standard InChI is InChI=1S/C15H20N2O4S2/c1-15(2,23-22-11-5-3-4-10-16-11)9-8-14(20)21-17-12(18)6-7-13(17)19/h3-5,10,12,18H,6-9H2,1-2H3. The molecule has 6 nitrogen and oxygen atoms in total. The third-order valence-corrected chi connectivity index (χ3v) is 6.52. The fraction of sp³-hybridized carbons (Fsp3) is 0.533. The molecule has 23 heavy (non-hydrogen) atoms. The average Bonchev–Trinajstić information content (AvgIpc) is 2.84. The summed E-state index contributed by atoms with van der Waals surface area (Å²) in [5.41, 5.74) is 0. The molecular formula is C15H20N2O4S2. The zero-order chi connectivity index (χ0) is 16.9. The van der Waals surface area contributed by atoms with E-state index in [-0.39, 0.29) is 23.5 Å². The molecule has 1 fully saturated rings. The number of carbonyl (C=O) groups is 2. The first-order valence-corrected chi connectivity index (χ1v) is 9.50. The molecule has 1 aliphatic rings. The van der Waals surface area contributed by atoms with Crippen LogP contribution >= 0.6 is 21.6 Å². The summed E-state index contributed by atoms with van der Waals surface area (Å²) in [6.07, 6.45) is 2.00. The highest BCUT2D eigenvalue weighted by atomic mass is 33.1. The summed E-state index contributed by atoms with van der Waals surface area (Å²) >= 11 is 0. The maximum Gasteiger partial charge on any atom is 0.332 e. The van der Waals surface area contributed by atoms with Crippen LogP contribution in [0.15, 0.2) is 29.4 Å². The van der Waals surface area contributed by atoms with Crippen LogP contribution < -0.4 is 0 Å². The van der Waals surface area contributed by atoms with Crippen LogP contribution in [0.1, 0.15) is 39.5 Å². The van der Waals surface area contributed by atoms with Gasteiger partial charge in [0, 0.05) is 30.2 Å². The molecule has 0 radical (unpaired) electrons. The Balaban J connectivity index is 1.75. The molecule has 1 aromatic rings. The van der Waals surface area contributed by atoms with Crippen molar-refractivity contribution in [2.24, 2.45) is 0 Å². The van der Waals surface area contributed by atoms with Gasteiger partial charge >= 0.3 is 5.97 Å². The number of nitrogens with zero attached hydrogens (tertiary/aromatic N) is 2. The Hall–Kier alpha value is -1.25. The molecule has 0 aliphatic carbocycles. The molecule has 0 aromatic carbocycles. The molecule has 0 spiro atoms. The summed E-state index contributed by atoms with van der Waals surface area (Å²) in [4.78, 5) is 32.5. The normalized spacial score (nSPS) is 18.3. The summed E-state index contributed by atoms with van der Waals surface area (Å²) in [6.45, 7) is 4.08. The van der Waals surface area contributed by atoms with E-state index in [2.05, 4.69) is 4.98 Å². The fourth-order valence-electron chi connectivity index (χ4n) is 1.91. The molecule has 1 N–H and O–H groups in total. The summed E-state index contributed by atoms with van der Waals surface area (Å²) in [7, 11) is 3.20. The third-order valence-electron chi connectivity index (χ3n) is 3.25. The number of amides is 1. The molecule has 0 saturated carbocycles. The Kier molecular flexibility index (Phi) is 6.32. The molecule has 0 bridgehead atoms. The summed E-state index contributed by atoms with van der Waals surface area (Å²) < 4.78 is -0.158. The van der Waals surface area contributed by atoms with Gasteiger partial charge in [-0.1, -0.05) is 16.9 Å². The molecule has 1 amide bonds. The third kappa shape index (κ3) is 5.71. The molecule has 1 aromatic heterocycles. The second-order valence-corrected chi connectivity index (χ2v) is 8.65. The Morgan fingerprint density at radius 3 is 2.91 bits per heavy atom. The Morgan fingerprint density at radius 1 is 1.52 bits per heavy atom. The zero-order valence-electron chi connectivity index (χ0n) is 13.1. The highest BCUT2D eigenvalue weighted by Crippen LogP contribution is 2.42. The number of aromatic nitrogens is 1. The van der Waals surface area contributed by atoms with Gasteiger partial charge in [0.1, 0.15) is 5.03 Å². The highest BCUT2D eigenvalue weighted by molar-refractivity contribution is 8.77. The Morgan fingerprint density at radius 2 is 2.30 bits per heavy atom. The topological polar surface area (TPSA) is 79.7 Å². The second-order valence-electron chi connectivity index (χ2n) is 5.80. The van der Waals surface area contributed by atoms with Crippen molar-refractivity contribution >= 4 is 33.5 Å². The lowest BCUT2D eigenvalue weighted by Crippen LogP contribution is -2.35. The number of hydrogen-bond acceptors (Lipinski definition) is 7. The van der Waals surface area contributed by atoms with E-state index in [4.69, 9.17) is 4.84 Å². The van der Waals surface area contributed by atoms with E-state index in [9.17, 15) is 14.7 Å². The first kappa shape index (κ1) is 18.1. The monoisotopic (exact) mass is 356 g/mol. The fourth-order valence-corrected chi connectivity index (χ4v) is 4.12. The molecule has 1 aliphatic heterocycles. The molecule has 2 heterocycles. The Bertz CT molecular complexity index is 554. The van der Waals surface area contributed by atoms with Crippen LogP contribution in [-0.4, -0.2) is 38.0 Å². The Labute approximate surface area is 143 Å². The van der Waals surface area contributed by atoms with Gasteiger partial charge in [0.05, 0.1) is 0 Å². The number of aliphatic hydroxyl groups excluding tert-OH is 1. The number of rotatable bonds is 7.